The summed E-state index contributed by atoms with van der Waals surface area (Å²) in [7, 11) is -3.19. The first-order valence-corrected chi connectivity index (χ1v) is 16.7. The van der Waals surface area contributed by atoms with E-state index in [1.54, 1.807) is 72.0 Å². The van der Waals surface area contributed by atoms with E-state index in [9.17, 15) is 31.2 Å². The number of carbonyl (C=O) groups excluding carboxylic acids is 2. The summed E-state index contributed by atoms with van der Waals surface area (Å²) in [5.41, 5.74) is 0.0869. The van der Waals surface area contributed by atoms with Crippen molar-refractivity contribution in [1.82, 2.24) is 4.72 Å². The van der Waals surface area contributed by atoms with Crippen molar-refractivity contribution < 1.29 is 40.7 Å². The van der Waals surface area contributed by atoms with Crippen LogP contribution in [0, 0.1) is 0 Å². The molecule has 2 aromatic rings. The zero-order chi connectivity index (χ0) is 35.9. The molecule has 0 bridgehead atoms. The minimum Gasteiger partial charge on any atom is -0.456 e. The molecule has 258 valence electrons. The van der Waals surface area contributed by atoms with Crippen LogP contribution in [0.25, 0.3) is 0 Å². The Bertz CT molecular complexity index is 1400. The fourth-order valence-corrected chi connectivity index (χ4v) is 4.44. The SMILES string of the molecule is CC(C)(C)OC(=O)c1ccc(C=N[S@@](=O)C(C)(C)C)cc1.CC(C)(C)OC(=O)c1ccc([C@@H](N[S@@](=O)C(C)(C)C)C(F)(F)F)cc1. The van der Waals surface area contributed by atoms with Gasteiger partial charge in [0.15, 0.2) is 0 Å². The van der Waals surface area contributed by atoms with Crippen molar-refractivity contribution in [2.45, 2.75) is 116 Å². The lowest BCUT2D eigenvalue weighted by Crippen LogP contribution is -2.41. The van der Waals surface area contributed by atoms with Crippen LogP contribution in [0.3, 0.4) is 0 Å². The lowest BCUT2D eigenvalue weighted by Gasteiger charge is -2.26. The second kappa shape index (κ2) is 15.8. The monoisotopic (exact) mass is 688 g/mol. The Kier molecular flexibility index (Phi) is 14.1. The molecule has 8 nitrogen and oxygen atoms in total. The van der Waals surface area contributed by atoms with Gasteiger partial charge < -0.3 is 9.47 Å². The maximum absolute atomic E-state index is 13.3. The molecule has 0 saturated heterocycles. The number of halogens is 3. The number of carbonyl (C=O) groups is 2. The van der Waals surface area contributed by atoms with Gasteiger partial charge in [-0.3, -0.25) is 0 Å². The molecule has 2 aromatic carbocycles. The smallest absolute Gasteiger partial charge is 0.408 e. The lowest BCUT2D eigenvalue weighted by atomic mass is 10.0. The highest BCUT2D eigenvalue weighted by atomic mass is 32.2. The molecule has 0 fully saturated rings. The predicted octanol–water partition coefficient (Wildman–Crippen LogP) is 7.82. The van der Waals surface area contributed by atoms with Crippen LogP contribution in [0.4, 0.5) is 13.2 Å². The van der Waals surface area contributed by atoms with Crippen molar-refractivity contribution in [1.29, 1.82) is 0 Å². The van der Waals surface area contributed by atoms with E-state index in [1.807, 2.05) is 41.5 Å². The normalized spacial score (nSPS) is 14.9. The van der Waals surface area contributed by atoms with E-state index < -0.39 is 56.1 Å². The molecule has 1 N–H and O–H groups in total. The molecule has 2 rings (SSSR count). The minimum absolute atomic E-state index is 0.127. The van der Waals surface area contributed by atoms with E-state index in [0.717, 1.165) is 5.56 Å². The van der Waals surface area contributed by atoms with Gasteiger partial charge >= 0.3 is 18.1 Å². The Balaban J connectivity index is 0.000000467. The van der Waals surface area contributed by atoms with Gasteiger partial charge in [-0.15, -0.1) is 0 Å². The lowest BCUT2D eigenvalue weighted by molar-refractivity contribution is -0.152. The Morgan fingerprint density at radius 1 is 0.696 bits per heavy atom. The van der Waals surface area contributed by atoms with Crippen molar-refractivity contribution >= 4 is 40.1 Å². The molecule has 0 amide bonds. The van der Waals surface area contributed by atoms with Gasteiger partial charge in [0.1, 0.15) is 28.2 Å². The van der Waals surface area contributed by atoms with Crippen LogP contribution in [0.5, 0.6) is 0 Å². The van der Waals surface area contributed by atoms with Crippen LogP contribution in [-0.4, -0.2) is 53.4 Å². The molecule has 46 heavy (non-hydrogen) atoms. The molecule has 0 heterocycles. The molecule has 0 saturated carbocycles. The van der Waals surface area contributed by atoms with E-state index in [2.05, 4.69) is 9.12 Å². The number of benzene rings is 2. The maximum atomic E-state index is 13.3. The van der Waals surface area contributed by atoms with Crippen LogP contribution < -0.4 is 4.72 Å². The van der Waals surface area contributed by atoms with Crippen molar-refractivity contribution in [3.63, 3.8) is 0 Å². The summed E-state index contributed by atoms with van der Waals surface area (Å²) in [5.74, 6) is -0.974. The summed E-state index contributed by atoms with van der Waals surface area (Å²) < 4.78 is 79.3. The quantitative estimate of drug-likeness (QED) is 0.235. The van der Waals surface area contributed by atoms with Gasteiger partial charge in [-0.05, 0) is 118 Å². The van der Waals surface area contributed by atoms with Gasteiger partial charge in [0.2, 0.25) is 0 Å². The second-order valence-corrected chi connectivity index (χ2v) is 18.2. The number of hydrogen-bond acceptors (Lipinski definition) is 6. The number of hydrogen-bond donors (Lipinski definition) is 1. The third-order valence-electron chi connectivity index (χ3n) is 5.35. The minimum atomic E-state index is -4.63. The second-order valence-electron chi connectivity index (χ2n) is 14.3. The molecule has 3 atom stereocenters. The number of esters is 2. The molecule has 0 aliphatic heterocycles. The highest BCUT2D eigenvalue weighted by Gasteiger charge is 2.43. The molecule has 0 spiro atoms. The first kappa shape index (κ1) is 41.1. The number of rotatable bonds is 7. The highest BCUT2D eigenvalue weighted by molar-refractivity contribution is 7.85. The first-order chi connectivity index (χ1) is 20.6. The van der Waals surface area contributed by atoms with Crippen LogP contribution in [0.1, 0.15) is 121 Å². The van der Waals surface area contributed by atoms with Crippen LogP contribution in [0.2, 0.25) is 0 Å². The maximum Gasteiger partial charge on any atom is 0.408 e. The average Bonchev–Trinajstić information content (AvgIpc) is 2.87. The summed E-state index contributed by atoms with van der Waals surface area (Å²) >= 11 is 0. The Morgan fingerprint density at radius 3 is 1.41 bits per heavy atom. The largest absolute Gasteiger partial charge is 0.456 e. The Morgan fingerprint density at radius 2 is 1.09 bits per heavy atom. The van der Waals surface area contributed by atoms with E-state index >= 15 is 0 Å². The van der Waals surface area contributed by atoms with Gasteiger partial charge in [-0.1, -0.05) is 24.3 Å². The standard InChI is InChI=1S/C17H24F3NO3S.C16H23NO3S/c1-15(2,3)24-14(22)12-9-7-11(8-10-12)13(17(18,19)20)21-25(23)16(4,5)6;1-15(2,3)20-14(18)13-9-7-12(8-10-13)11-17-21(19)16(4,5)6/h7-10,13,21H,1-6H3;7-11H,1-6H3/t13-,25+;21-/m10/s1. The van der Waals surface area contributed by atoms with E-state index in [1.165, 1.54) is 24.3 Å². The fourth-order valence-electron chi connectivity index (χ4n) is 3.07. The molecule has 0 aromatic heterocycles. The number of alkyl halides is 3. The third-order valence-corrected chi connectivity index (χ3v) is 8.26. The molecule has 0 aliphatic rings. The molecular weight excluding hydrogens is 641 g/mol. The summed E-state index contributed by atoms with van der Waals surface area (Å²) in [5, 5.41) is 0. The van der Waals surface area contributed by atoms with Gasteiger partial charge in [0.05, 0.1) is 31.6 Å². The van der Waals surface area contributed by atoms with E-state index in [4.69, 9.17) is 9.47 Å². The Labute approximate surface area is 276 Å². The molecule has 0 aliphatic carbocycles. The first-order valence-electron chi connectivity index (χ1n) is 14.5. The highest BCUT2D eigenvalue weighted by Crippen LogP contribution is 2.34. The molecule has 0 unspecified atom stereocenters. The number of nitrogens with zero attached hydrogens (tertiary/aromatic N) is 1. The van der Waals surface area contributed by atoms with Crippen LogP contribution >= 0.6 is 0 Å². The topological polar surface area (TPSA) is 111 Å². The summed E-state index contributed by atoms with van der Waals surface area (Å²) in [4.78, 5) is 23.8. The van der Waals surface area contributed by atoms with Crippen molar-refractivity contribution in [3.05, 3.63) is 70.8 Å². The van der Waals surface area contributed by atoms with Crippen LogP contribution in [-0.2, 0) is 31.4 Å². The number of nitrogens with one attached hydrogen (secondary N) is 1. The van der Waals surface area contributed by atoms with E-state index in [0.29, 0.717) is 5.56 Å². The van der Waals surface area contributed by atoms with E-state index in [-0.39, 0.29) is 21.8 Å². The van der Waals surface area contributed by atoms with Crippen LogP contribution in [0.15, 0.2) is 52.9 Å². The summed E-state index contributed by atoms with van der Waals surface area (Å²) in [6.45, 7) is 20.9. The van der Waals surface area contributed by atoms with Crippen molar-refractivity contribution in [2.24, 2.45) is 4.40 Å². The number of ether oxygens (including phenoxy) is 2. The van der Waals surface area contributed by atoms with Gasteiger partial charge in [0, 0.05) is 6.21 Å². The predicted molar refractivity (Wildman–Crippen MR) is 179 cm³/mol. The summed E-state index contributed by atoms with van der Waals surface area (Å²) in [6, 6.07) is 9.67. The van der Waals surface area contributed by atoms with Crippen molar-refractivity contribution in [2.75, 3.05) is 0 Å². The van der Waals surface area contributed by atoms with Gasteiger partial charge in [-0.2, -0.15) is 17.6 Å². The van der Waals surface area contributed by atoms with Gasteiger partial charge in [0.25, 0.3) is 0 Å². The molecular formula is C33H47F3N2O6S2. The zero-order valence-electron chi connectivity index (χ0n) is 28.6. The zero-order valence-corrected chi connectivity index (χ0v) is 30.3. The third kappa shape index (κ3) is 15.1. The van der Waals surface area contributed by atoms with Gasteiger partial charge in [-0.25, -0.2) is 22.7 Å². The van der Waals surface area contributed by atoms with Crippen molar-refractivity contribution in [3.8, 4) is 0 Å². The Hall–Kier alpha value is -2.90. The average molecular weight is 689 g/mol. The fraction of sp³-hybridized carbons (Fsp3) is 0.545. The molecule has 13 heteroatoms. The molecule has 0 radical (unpaired) electrons. The summed E-state index contributed by atoms with van der Waals surface area (Å²) in [6.07, 6.45) is -3.07.